The maximum atomic E-state index is 12.0. The van der Waals surface area contributed by atoms with Gasteiger partial charge in [-0.1, -0.05) is 23.2 Å². The van der Waals surface area contributed by atoms with E-state index in [4.69, 9.17) is 23.2 Å². The minimum atomic E-state index is -0.0999. The predicted octanol–water partition coefficient (Wildman–Crippen LogP) is 3.24. The van der Waals surface area contributed by atoms with Gasteiger partial charge in [0.2, 0.25) is 0 Å². The van der Waals surface area contributed by atoms with Crippen molar-refractivity contribution in [3.8, 4) is 0 Å². The van der Waals surface area contributed by atoms with Gasteiger partial charge in [0, 0.05) is 25.3 Å². The van der Waals surface area contributed by atoms with E-state index in [1.165, 1.54) is 0 Å². The highest BCUT2D eigenvalue weighted by atomic mass is 35.5. The summed E-state index contributed by atoms with van der Waals surface area (Å²) in [5, 5.41) is 6.99. The van der Waals surface area contributed by atoms with Gasteiger partial charge < -0.3 is 15.5 Å². The maximum Gasteiger partial charge on any atom is 0.321 e. The molecule has 1 aliphatic heterocycles. The van der Waals surface area contributed by atoms with Crippen LogP contribution in [0.4, 0.5) is 10.5 Å². The Hall–Kier alpha value is -0.680. The molecule has 0 aromatic heterocycles. The van der Waals surface area contributed by atoms with Crippen LogP contribution in [-0.4, -0.2) is 37.1 Å². The molecule has 2 N–H and O–H groups in total. The van der Waals surface area contributed by atoms with Crippen LogP contribution in [0.25, 0.3) is 0 Å². The molecular weight excluding hydrogens is 309 g/mol. The van der Waals surface area contributed by atoms with E-state index in [9.17, 15) is 4.79 Å². The van der Waals surface area contributed by atoms with Crippen molar-refractivity contribution >= 4 is 47.3 Å². The van der Waals surface area contributed by atoms with Crippen molar-refractivity contribution in [1.82, 2.24) is 10.2 Å². The minimum Gasteiger partial charge on any atom is -0.323 e. The SMILES string of the molecule is Cl.O=C(Nc1ccc(Cl)c(Cl)c1)N1CCCNCC1. The van der Waals surface area contributed by atoms with E-state index in [-0.39, 0.29) is 18.4 Å². The lowest BCUT2D eigenvalue weighted by Crippen LogP contribution is -2.37. The van der Waals surface area contributed by atoms with Gasteiger partial charge in [0.25, 0.3) is 0 Å². The van der Waals surface area contributed by atoms with Gasteiger partial charge in [-0.25, -0.2) is 4.79 Å². The third kappa shape index (κ3) is 4.73. The molecule has 1 aliphatic rings. The molecule has 2 rings (SSSR count). The lowest BCUT2D eigenvalue weighted by Gasteiger charge is -2.20. The molecule has 0 atom stereocenters. The van der Waals surface area contributed by atoms with Crippen LogP contribution < -0.4 is 10.6 Å². The highest BCUT2D eigenvalue weighted by Crippen LogP contribution is 2.25. The molecule has 0 unspecified atom stereocenters. The number of hydrogen-bond acceptors (Lipinski definition) is 2. The molecule has 0 radical (unpaired) electrons. The zero-order valence-corrected chi connectivity index (χ0v) is 12.6. The van der Waals surface area contributed by atoms with Gasteiger partial charge in [-0.05, 0) is 31.2 Å². The van der Waals surface area contributed by atoms with Crippen LogP contribution in [0.3, 0.4) is 0 Å². The molecule has 0 aliphatic carbocycles. The van der Waals surface area contributed by atoms with Gasteiger partial charge in [-0.2, -0.15) is 0 Å². The lowest BCUT2D eigenvalue weighted by molar-refractivity contribution is 0.215. The fraction of sp³-hybridized carbons (Fsp3) is 0.417. The van der Waals surface area contributed by atoms with E-state index in [2.05, 4.69) is 10.6 Å². The van der Waals surface area contributed by atoms with Crippen molar-refractivity contribution in [1.29, 1.82) is 0 Å². The average molecular weight is 325 g/mol. The number of carbonyl (C=O) groups is 1. The van der Waals surface area contributed by atoms with Crippen molar-refractivity contribution < 1.29 is 4.79 Å². The highest BCUT2D eigenvalue weighted by molar-refractivity contribution is 6.42. The van der Waals surface area contributed by atoms with Crippen LogP contribution >= 0.6 is 35.6 Å². The Morgan fingerprint density at radius 2 is 2.00 bits per heavy atom. The first kappa shape index (κ1) is 16.4. The first-order valence-electron chi connectivity index (χ1n) is 5.88. The van der Waals surface area contributed by atoms with Crippen LogP contribution in [0.15, 0.2) is 18.2 Å². The maximum absolute atomic E-state index is 12.0. The van der Waals surface area contributed by atoms with E-state index in [0.29, 0.717) is 22.3 Å². The molecule has 1 fully saturated rings. The molecule has 106 valence electrons. The van der Waals surface area contributed by atoms with Gasteiger partial charge in [0.1, 0.15) is 0 Å². The monoisotopic (exact) mass is 323 g/mol. The Morgan fingerprint density at radius 1 is 1.21 bits per heavy atom. The number of amides is 2. The molecule has 4 nitrogen and oxygen atoms in total. The zero-order valence-electron chi connectivity index (χ0n) is 10.3. The second-order valence-corrected chi connectivity index (χ2v) is 4.96. The van der Waals surface area contributed by atoms with Gasteiger partial charge >= 0.3 is 6.03 Å². The van der Waals surface area contributed by atoms with Crippen LogP contribution in [0.1, 0.15) is 6.42 Å². The number of nitrogens with zero attached hydrogens (tertiary/aromatic N) is 1. The van der Waals surface area contributed by atoms with Crippen molar-refractivity contribution in [3.05, 3.63) is 28.2 Å². The summed E-state index contributed by atoms with van der Waals surface area (Å²) in [4.78, 5) is 13.8. The van der Waals surface area contributed by atoms with Crippen LogP contribution in [0, 0.1) is 0 Å². The number of nitrogens with one attached hydrogen (secondary N) is 2. The Morgan fingerprint density at radius 3 is 2.74 bits per heavy atom. The summed E-state index contributed by atoms with van der Waals surface area (Å²) in [5.41, 5.74) is 0.659. The van der Waals surface area contributed by atoms with E-state index < -0.39 is 0 Å². The number of urea groups is 1. The summed E-state index contributed by atoms with van der Waals surface area (Å²) < 4.78 is 0. The molecular formula is C12H16Cl3N3O. The number of rotatable bonds is 1. The van der Waals surface area contributed by atoms with E-state index >= 15 is 0 Å². The van der Waals surface area contributed by atoms with Crippen molar-refractivity contribution in [2.45, 2.75) is 6.42 Å². The van der Waals surface area contributed by atoms with Crippen LogP contribution in [0.5, 0.6) is 0 Å². The van der Waals surface area contributed by atoms with Gasteiger partial charge in [0.15, 0.2) is 0 Å². The summed E-state index contributed by atoms with van der Waals surface area (Å²) in [6, 6.07) is 4.96. The third-order valence-electron chi connectivity index (χ3n) is 2.80. The van der Waals surface area contributed by atoms with Gasteiger partial charge in [0.05, 0.1) is 10.0 Å². The molecule has 0 spiro atoms. The normalized spacial score (nSPS) is 15.4. The van der Waals surface area contributed by atoms with Crippen LogP contribution in [-0.2, 0) is 0 Å². The molecule has 1 aromatic carbocycles. The Kier molecular flexibility index (Phi) is 6.72. The van der Waals surface area contributed by atoms with Gasteiger partial charge in [-0.15, -0.1) is 12.4 Å². The first-order valence-corrected chi connectivity index (χ1v) is 6.64. The standard InChI is InChI=1S/C12H15Cl2N3O.ClH/c13-10-3-2-9(8-11(10)14)16-12(18)17-6-1-4-15-5-7-17;/h2-3,8,15H,1,4-7H2,(H,16,18);1H. The van der Waals surface area contributed by atoms with E-state index in [0.717, 1.165) is 26.1 Å². The summed E-state index contributed by atoms with van der Waals surface area (Å²) >= 11 is 11.7. The van der Waals surface area contributed by atoms with E-state index in [1.54, 1.807) is 23.1 Å². The largest absolute Gasteiger partial charge is 0.323 e. The Balaban J connectivity index is 0.00000180. The number of carbonyl (C=O) groups excluding carboxylic acids is 1. The number of halogens is 3. The average Bonchev–Trinajstić information content (AvgIpc) is 2.62. The second kappa shape index (κ2) is 7.80. The summed E-state index contributed by atoms with van der Waals surface area (Å²) in [6.45, 7) is 3.26. The Labute approximate surface area is 128 Å². The third-order valence-corrected chi connectivity index (χ3v) is 3.54. The van der Waals surface area contributed by atoms with Crippen molar-refractivity contribution in [3.63, 3.8) is 0 Å². The second-order valence-electron chi connectivity index (χ2n) is 4.15. The first-order chi connectivity index (χ1) is 8.66. The number of hydrogen-bond donors (Lipinski definition) is 2. The molecule has 2 amide bonds. The molecule has 7 heteroatoms. The predicted molar refractivity (Wildman–Crippen MR) is 81.8 cm³/mol. The number of anilines is 1. The molecule has 1 saturated heterocycles. The van der Waals surface area contributed by atoms with E-state index in [1.807, 2.05) is 0 Å². The summed E-state index contributed by atoms with van der Waals surface area (Å²) in [6.07, 6.45) is 0.967. The molecule has 19 heavy (non-hydrogen) atoms. The van der Waals surface area contributed by atoms with Crippen molar-refractivity contribution in [2.24, 2.45) is 0 Å². The smallest absolute Gasteiger partial charge is 0.321 e. The van der Waals surface area contributed by atoms with Crippen molar-refractivity contribution in [2.75, 3.05) is 31.5 Å². The summed E-state index contributed by atoms with van der Waals surface area (Å²) in [7, 11) is 0. The highest BCUT2D eigenvalue weighted by Gasteiger charge is 2.15. The molecule has 1 aromatic rings. The quantitative estimate of drug-likeness (QED) is 0.833. The molecule has 1 heterocycles. The fourth-order valence-corrected chi connectivity index (χ4v) is 2.12. The Bertz CT molecular complexity index is 434. The topological polar surface area (TPSA) is 44.4 Å². The van der Waals surface area contributed by atoms with Crippen LogP contribution in [0.2, 0.25) is 10.0 Å². The number of benzene rings is 1. The summed E-state index contributed by atoms with van der Waals surface area (Å²) in [5.74, 6) is 0. The zero-order chi connectivity index (χ0) is 13.0. The lowest BCUT2D eigenvalue weighted by atomic mass is 10.3. The minimum absolute atomic E-state index is 0. The van der Waals surface area contributed by atoms with Gasteiger partial charge in [-0.3, -0.25) is 0 Å². The molecule has 0 saturated carbocycles. The fourth-order valence-electron chi connectivity index (χ4n) is 1.83. The molecule has 0 bridgehead atoms.